The molecule has 0 saturated heterocycles. The molecule has 0 aromatic carbocycles. The Hall–Kier alpha value is -1.25. The van der Waals surface area contributed by atoms with E-state index < -0.39 is 0 Å². The number of nitrogens with zero attached hydrogens (tertiary/aromatic N) is 1. The van der Waals surface area contributed by atoms with Crippen molar-refractivity contribution in [3.63, 3.8) is 0 Å². The molecule has 1 aromatic heterocycles. The first-order valence-corrected chi connectivity index (χ1v) is 6.26. The van der Waals surface area contributed by atoms with Crippen molar-refractivity contribution < 1.29 is 0 Å². The fourth-order valence-corrected chi connectivity index (χ4v) is 3.44. The zero-order chi connectivity index (χ0) is 11.0. The zero-order valence-electron chi connectivity index (χ0n) is 9.52. The van der Waals surface area contributed by atoms with Gasteiger partial charge in [0.15, 0.2) is 0 Å². The third kappa shape index (κ3) is 1.75. The van der Waals surface area contributed by atoms with Crippen LogP contribution in [0.25, 0.3) is 0 Å². The van der Waals surface area contributed by atoms with E-state index >= 15 is 0 Å². The van der Waals surface area contributed by atoms with Crippen LogP contribution in [0.2, 0.25) is 0 Å². The molecule has 3 nitrogen and oxygen atoms in total. The molecule has 86 valence electrons. The lowest BCUT2D eigenvalue weighted by molar-refractivity contribution is 0.348. The highest BCUT2D eigenvalue weighted by atomic mass is 14.9. The van der Waals surface area contributed by atoms with Gasteiger partial charge in [0.1, 0.15) is 0 Å². The molecule has 1 aromatic rings. The molecule has 1 heterocycles. The van der Waals surface area contributed by atoms with E-state index in [2.05, 4.69) is 10.3 Å². The molecule has 0 spiro atoms. The van der Waals surface area contributed by atoms with E-state index in [0.717, 1.165) is 35.7 Å². The number of fused-ring (bicyclic) bond motifs is 2. The number of hydrogen-bond donors (Lipinski definition) is 2. The number of nitrogens with one attached hydrogen (secondary N) is 1. The quantitative estimate of drug-likeness (QED) is 0.818. The van der Waals surface area contributed by atoms with Crippen LogP contribution in [0.5, 0.6) is 0 Å². The van der Waals surface area contributed by atoms with E-state index in [1.165, 1.54) is 25.7 Å². The maximum absolute atomic E-state index is 5.86. The summed E-state index contributed by atoms with van der Waals surface area (Å²) in [4.78, 5) is 4.00. The van der Waals surface area contributed by atoms with Gasteiger partial charge >= 0.3 is 0 Å². The van der Waals surface area contributed by atoms with Crippen molar-refractivity contribution >= 4 is 11.4 Å². The van der Waals surface area contributed by atoms with E-state index in [9.17, 15) is 0 Å². The Balaban J connectivity index is 1.59. The van der Waals surface area contributed by atoms with Crippen molar-refractivity contribution in [3.8, 4) is 0 Å². The molecule has 2 aliphatic rings. The molecule has 2 saturated carbocycles. The van der Waals surface area contributed by atoms with Gasteiger partial charge in [-0.15, -0.1) is 0 Å². The third-order valence-electron chi connectivity index (χ3n) is 4.29. The maximum atomic E-state index is 5.86. The Bertz CT molecular complexity index is 377. The minimum atomic E-state index is 0.755. The highest BCUT2D eigenvalue weighted by molar-refractivity contribution is 5.64. The predicted molar refractivity (Wildman–Crippen MR) is 66.1 cm³/mol. The minimum Gasteiger partial charge on any atom is -0.396 e. The van der Waals surface area contributed by atoms with E-state index in [1.807, 2.05) is 6.07 Å². The normalized spacial score (nSPS) is 31.9. The second kappa shape index (κ2) is 3.96. The van der Waals surface area contributed by atoms with Gasteiger partial charge in [0, 0.05) is 12.7 Å². The van der Waals surface area contributed by atoms with Crippen LogP contribution in [0.1, 0.15) is 25.7 Å². The van der Waals surface area contributed by atoms with Crippen LogP contribution >= 0.6 is 0 Å². The molecule has 2 fully saturated rings. The van der Waals surface area contributed by atoms with Crippen molar-refractivity contribution in [2.24, 2.45) is 17.8 Å². The van der Waals surface area contributed by atoms with Crippen molar-refractivity contribution in [1.29, 1.82) is 0 Å². The summed E-state index contributed by atoms with van der Waals surface area (Å²) in [5.41, 5.74) is 7.65. The van der Waals surface area contributed by atoms with Crippen LogP contribution in [0.3, 0.4) is 0 Å². The van der Waals surface area contributed by atoms with Gasteiger partial charge in [-0.2, -0.15) is 0 Å². The summed E-state index contributed by atoms with van der Waals surface area (Å²) in [5.74, 6) is 2.86. The molecular formula is C13H19N3. The average molecular weight is 217 g/mol. The van der Waals surface area contributed by atoms with E-state index in [-0.39, 0.29) is 0 Å². The molecule has 2 aliphatic carbocycles. The smallest absolute Gasteiger partial charge is 0.0736 e. The first kappa shape index (κ1) is 9.94. The summed E-state index contributed by atoms with van der Waals surface area (Å²) in [6.45, 7) is 1.08. The summed E-state index contributed by atoms with van der Waals surface area (Å²) in [7, 11) is 0. The summed E-state index contributed by atoms with van der Waals surface area (Å²) in [6, 6.07) is 1.96. The minimum absolute atomic E-state index is 0.755. The number of aromatic nitrogens is 1. The zero-order valence-corrected chi connectivity index (χ0v) is 9.52. The Morgan fingerprint density at radius 1 is 1.38 bits per heavy atom. The van der Waals surface area contributed by atoms with Gasteiger partial charge < -0.3 is 11.1 Å². The molecule has 0 radical (unpaired) electrons. The monoisotopic (exact) mass is 217 g/mol. The van der Waals surface area contributed by atoms with Gasteiger partial charge in [-0.1, -0.05) is 6.42 Å². The SMILES string of the molecule is Nc1cnccc1NCC1CC2CCC1C2. The standard InChI is InChI=1S/C13H19N3/c14-12-8-15-4-3-13(12)16-7-11-6-9-1-2-10(11)5-9/h3-4,8-11H,1-2,5-7,14H2,(H,15,16). The van der Waals surface area contributed by atoms with Crippen molar-refractivity contribution in [2.45, 2.75) is 25.7 Å². The van der Waals surface area contributed by atoms with Crippen LogP contribution < -0.4 is 11.1 Å². The van der Waals surface area contributed by atoms with Gasteiger partial charge in [0.2, 0.25) is 0 Å². The topological polar surface area (TPSA) is 50.9 Å². The molecule has 16 heavy (non-hydrogen) atoms. The fourth-order valence-electron chi connectivity index (χ4n) is 3.44. The lowest BCUT2D eigenvalue weighted by Crippen LogP contribution is -2.20. The van der Waals surface area contributed by atoms with Gasteiger partial charge in [0.05, 0.1) is 17.6 Å². The predicted octanol–water partition coefficient (Wildman–Crippen LogP) is 2.51. The Morgan fingerprint density at radius 3 is 3.00 bits per heavy atom. The van der Waals surface area contributed by atoms with Crippen molar-refractivity contribution in [1.82, 2.24) is 4.98 Å². The van der Waals surface area contributed by atoms with Crippen molar-refractivity contribution in [3.05, 3.63) is 18.5 Å². The van der Waals surface area contributed by atoms with E-state index in [1.54, 1.807) is 12.4 Å². The van der Waals surface area contributed by atoms with Gasteiger partial charge in [0.25, 0.3) is 0 Å². The highest BCUT2D eigenvalue weighted by Gasteiger charge is 2.38. The van der Waals surface area contributed by atoms with Crippen LogP contribution in [0.15, 0.2) is 18.5 Å². The van der Waals surface area contributed by atoms with Crippen LogP contribution in [-0.4, -0.2) is 11.5 Å². The average Bonchev–Trinajstić information content (AvgIpc) is 2.90. The maximum Gasteiger partial charge on any atom is 0.0736 e. The second-order valence-corrected chi connectivity index (χ2v) is 5.28. The number of nitrogens with two attached hydrogens (primary N) is 1. The largest absolute Gasteiger partial charge is 0.396 e. The summed E-state index contributed by atoms with van der Waals surface area (Å²) in [6.07, 6.45) is 9.31. The van der Waals surface area contributed by atoms with Crippen LogP contribution in [-0.2, 0) is 0 Å². The lowest BCUT2D eigenvalue weighted by atomic mass is 9.89. The molecule has 3 N–H and O–H groups in total. The molecule has 3 unspecified atom stereocenters. The summed E-state index contributed by atoms with van der Waals surface area (Å²) < 4.78 is 0. The van der Waals surface area contributed by atoms with Crippen LogP contribution in [0.4, 0.5) is 11.4 Å². The Morgan fingerprint density at radius 2 is 2.31 bits per heavy atom. The van der Waals surface area contributed by atoms with Crippen molar-refractivity contribution in [2.75, 3.05) is 17.6 Å². The number of hydrogen-bond acceptors (Lipinski definition) is 3. The highest BCUT2D eigenvalue weighted by Crippen LogP contribution is 2.48. The molecule has 3 atom stereocenters. The first-order chi connectivity index (χ1) is 7.83. The van der Waals surface area contributed by atoms with Gasteiger partial charge in [-0.25, -0.2) is 0 Å². The van der Waals surface area contributed by atoms with Gasteiger partial charge in [-0.05, 0) is 43.1 Å². The summed E-state index contributed by atoms with van der Waals surface area (Å²) >= 11 is 0. The molecular weight excluding hydrogens is 198 g/mol. The van der Waals surface area contributed by atoms with Gasteiger partial charge in [-0.3, -0.25) is 4.98 Å². The molecule has 3 heteroatoms. The lowest BCUT2D eigenvalue weighted by Gasteiger charge is -2.22. The fraction of sp³-hybridized carbons (Fsp3) is 0.615. The Kier molecular flexibility index (Phi) is 2.46. The number of pyridine rings is 1. The van der Waals surface area contributed by atoms with E-state index in [0.29, 0.717) is 0 Å². The Labute approximate surface area is 96.4 Å². The molecule has 0 amide bonds. The summed E-state index contributed by atoms with van der Waals surface area (Å²) in [5, 5.41) is 3.47. The van der Waals surface area contributed by atoms with Crippen LogP contribution in [0, 0.1) is 17.8 Å². The first-order valence-electron chi connectivity index (χ1n) is 6.26. The number of rotatable bonds is 3. The van der Waals surface area contributed by atoms with E-state index in [4.69, 9.17) is 5.73 Å². The molecule has 3 rings (SSSR count). The molecule has 2 bridgehead atoms. The number of anilines is 2. The second-order valence-electron chi connectivity index (χ2n) is 5.28. The molecule has 0 aliphatic heterocycles. The third-order valence-corrected chi connectivity index (χ3v) is 4.29. The number of nitrogen functional groups attached to an aromatic ring is 1.